The van der Waals surface area contributed by atoms with Crippen molar-refractivity contribution in [2.45, 2.75) is 12.6 Å². The number of rotatable bonds is 4. The van der Waals surface area contributed by atoms with Crippen LogP contribution >= 0.6 is 11.6 Å². The Hall–Kier alpha value is -2.08. The minimum Gasteiger partial charge on any atom is -0.359 e. The maximum absolute atomic E-state index is 10.6. The fraction of sp³-hybridized carbons (Fsp3) is 0.250. The highest BCUT2D eigenvalue weighted by atomic mass is 35.5. The Labute approximate surface area is 115 Å². The molecule has 0 aliphatic carbocycles. The van der Waals surface area contributed by atoms with Crippen molar-refractivity contribution in [1.82, 2.24) is 15.2 Å². The molecule has 0 saturated carbocycles. The standard InChI is InChI=1S/C12H13ClN4O2/c1-2-10-7-16(12(15-10)8-17(18)19)6-9-3-4-11(13)14-5-9/h2-5,8,10,15H,1,6-7H2/b12-8+/t10-/m0/s1. The van der Waals surface area contributed by atoms with Gasteiger partial charge in [0.15, 0.2) is 5.82 Å². The summed E-state index contributed by atoms with van der Waals surface area (Å²) in [7, 11) is 0. The molecule has 0 unspecified atom stereocenters. The van der Waals surface area contributed by atoms with Gasteiger partial charge in [-0.25, -0.2) is 4.98 Å². The molecule has 1 aliphatic heterocycles. The van der Waals surface area contributed by atoms with E-state index < -0.39 is 4.92 Å². The topological polar surface area (TPSA) is 71.3 Å². The molecule has 1 saturated heterocycles. The lowest BCUT2D eigenvalue weighted by Gasteiger charge is -2.16. The molecule has 100 valence electrons. The van der Waals surface area contributed by atoms with Gasteiger partial charge in [-0.3, -0.25) is 10.1 Å². The van der Waals surface area contributed by atoms with Crippen LogP contribution in [0.2, 0.25) is 5.15 Å². The summed E-state index contributed by atoms with van der Waals surface area (Å²) in [5.41, 5.74) is 0.935. The van der Waals surface area contributed by atoms with Crippen LogP contribution in [0.15, 0.2) is 43.0 Å². The first-order valence-electron chi connectivity index (χ1n) is 5.68. The zero-order chi connectivity index (χ0) is 13.8. The fourth-order valence-electron chi connectivity index (χ4n) is 1.88. The zero-order valence-corrected chi connectivity index (χ0v) is 10.9. The third-order valence-electron chi connectivity index (χ3n) is 2.77. The summed E-state index contributed by atoms with van der Waals surface area (Å²) in [4.78, 5) is 16.0. The van der Waals surface area contributed by atoms with Gasteiger partial charge < -0.3 is 10.2 Å². The normalized spacial score (nSPS) is 20.4. The first kappa shape index (κ1) is 13.4. The van der Waals surface area contributed by atoms with Gasteiger partial charge in [-0.05, 0) is 11.6 Å². The van der Waals surface area contributed by atoms with Gasteiger partial charge in [-0.1, -0.05) is 23.7 Å². The quantitative estimate of drug-likeness (QED) is 0.394. The molecule has 0 radical (unpaired) electrons. The molecule has 7 heteroatoms. The number of halogens is 1. The van der Waals surface area contributed by atoms with E-state index in [2.05, 4.69) is 16.9 Å². The molecule has 6 nitrogen and oxygen atoms in total. The second kappa shape index (κ2) is 5.71. The number of aromatic nitrogens is 1. The summed E-state index contributed by atoms with van der Waals surface area (Å²) in [5.74, 6) is 0.477. The minimum absolute atomic E-state index is 0.00598. The zero-order valence-electron chi connectivity index (χ0n) is 10.1. The molecule has 1 fully saturated rings. The van der Waals surface area contributed by atoms with Crippen molar-refractivity contribution in [2.75, 3.05) is 6.54 Å². The largest absolute Gasteiger partial charge is 0.359 e. The summed E-state index contributed by atoms with van der Waals surface area (Å²) in [6, 6.07) is 3.55. The van der Waals surface area contributed by atoms with Crippen molar-refractivity contribution in [3.05, 3.63) is 63.8 Å². The van der Waals surface area contributed by atoms with E-state index in [0.29, 0.717) is 24.1 Å². The molecule has 1 aliphatic rings. The van der Waals surface area contributed by atoms with E-state index in [0.717, 1.165) is 11.8 Å². The van der Waals surface area contributed by atoms with Gasteiger partial charge in [0.25, 0.3) is 6.20 Å². The number of nitro groups is 1. The van der Waals surface area contributed by atoms with Crippen LogP contribution in [-0.2, 0) is 6.54 Å². The van der Waals surface area contributed by atoms with Gasteiger partial charge in [0.05, 0.1) is 11.0 Å². The number of nitrogens with one attached hydrogen (secondary N) is 1. The SMILES string of the molecule is C=C[C@H]1CN(Cc2ccc(Cl)nc2)/C(=C/[N+](=O)[O-])N1. The molecule has 1 aromatic rings. The lowest BCUT2D eigenvalue weighted by molar-refractivity contribution is -0.404. The van der Waals surface area contributed by atoms with Gasteiger partial charge in [-0.15, -0.1) is 6.58 Å². The Kier molecular flexibility index (Phi) is 4.01. The number of hydrogen-bond donors (Lipinski definition) is 1. The smallest absolute Gasteiger partial charge is 0.274 e. The van der Waals surface area contributed by atoms with Crippen LogP contribution in [0, 0.1) is 10.1 Å². The van der Waals surface area contributed by atoms with Crippen molar-refractivity contribution in [3.63, 3.8) is 0 Å². The second-order valence-electron chi connectivity index (χ2n) is 4.16. The van der Waals surface area contributed by atoms with E-state index in [1.807, 2.05) is 11.0 Å². The predicted molar refractivity (Wildman–Crippen MR) is 71.9 cm³/mol. The molecular weight excluding hydrogens is 268 g/mol. The lowest BCUT2D eigenvalue weighted by atomic mass is 10.2. The Morgan fingerprint density at radius 3 is 3.05 bits per heavy atom. The molecule has 1 atom stereocenters. The van der Waals surface area contributed by atoms with Gasteiger partial charge in [0.1, 0.15) is 5.15 Å². The first-order chi connectivity index (χ1) is 9.08. The van der Waals surface area contributed by atoms with Crippen molar-refractivity contribution in [1.29, 1.82) is 0 Å². The third kappa shape index (κ3) is 3.45. The number of nitrogens with zero attached hydrogens (tertiary/aromatic N) is 3. The van der Waals surface area contributed by atoms with Gasteiger partial charge in [0, 0.05) is 19.3 Å². The van der Waals surface area contributed by atoms with E-state index in [1.54, 1.807) is 18.3 Å². The van der Waals surface area contributed by atoms with Gasteiger partial charge in [-0.2, -0.15) is 0 Å². The van der Waals surface area contributed by atoms with Crippen molar-refractivity contribution < 1.29 is 4.92 Å². The van der Waals surface area contributed by atoms with Crippen molar-refractivity contribution in [2.24, 2.45) is 0 Å². The molecular formula is C12H13ClN4O2. The van der Waals surface area contributed by atoms with E-state index in [1.165, 1.54) is 0 Å². The molecule has 19 heavy (non-hydrogen) atoms. The van der Waals surface area contributed by atoms with E-state index in [-0.39, 0.29) is 6.04 Å². The minimum atomic E-state index is -0.471. The molecule has 0 spiro atoms. The molecule has 0 amide bonds. The number of pyridine rings is 1. The third-order valence-corrected chi connectivity index (χ3v) is 2.99. The maximum atomic E-state index is 10.6. The Bertz CT molecular complexity index is 515. The molecule has 1 aromatic heterocycles. The summed E-state index contributed by atoms with van der Waals surface area (Å²) >= 11 is 5.72. The Morgan fingerprint density at radius 2 is 2.47 bits per heavy atom. The van der Waals surface area contributed by atoms with Crippen molar-refractivity contribution in [3.8, 4) is 0 Å². The van der Waals surface area contributed by atoms with Crippen molar-refractivity contribution >= 4 is 11.6 Å². The van der Waals surface area contributed by atoms with Gasteiger partial charge >= 0.3 is 0 Å². The highest BCUT2D eigenvalue weighted by Crippen LogP contribution is 2.17. The monoisotopic (exact) mass is 280 g/mol. The summed E-state index contributed by atoms with van der Waals surface area (Å²) in [6.07, 6.45) is 4.36. The van der Waals surface area contributed by atoms with E-state index in [9.17, 15) is 10.1 Å². The maximum Gasteiger partial charge on any atom is 0.274 e. The van der Waals surface area contributed by atoms with Crippen LogP contribution in [0.3, 0.4) is 0 Å². The first-order valence-corrected chi connectivity index (χ1v) is 6.06. The van der Waals surface area contributed by atoms with E-state index in [4.69, 9.17) is 11.6 Å². The summed E-state index contributed by atoms with van der Waals surface area (Å²) < 4.78 is 0. The second-order valence-corrected chi connectivity index (χ2v) is 4.54. The van der Waals surface area contributed by atoms with Crippen LogP contribution < -0.4 is 5.32 Å². The Morgan fingerprint density at radius 1 is 1.68 bits per heavy atom. The predicted octanol–water partition coefficient (Wildman–Crippen LogP) is 1.77. The van der Waals surface area contributed by atoms with Gasteiger partial charge in [0.2, 0.25) is 0 Å². The average Bonchev–Trinajstić information content (AvgIpc) is 2.74. The molecule has 2 heterocycles. The van der Waals surface area contributed by atoms with Crippen LogP contribution in [0.1, 0.15) is 5.56 Å². The Balaban J connectivity index is 2.14. The molecule has 2 rings (SSSR count). The molecule has 0 aromatic carbocycles. The summed E-state index contributed by atoms with van der Waals surface area (Å²) in [6.45, 7) is 4.85. The van der Waals surface area contributed by atoms with Crippen LogP contribution in [0.5, 0.6) is 0 Å². The lowest BCUT2D eigenvalue weighted by Crippen LogP contribution is -2.20. The average molecular weight is 281 g/mol. The molecule has 0 bridgehead atoms. The highest BCUT2D eigenvalue weighted by Gasteiger charge is 2.25. The molecule has 1 N–H and O–H groups in total. The van der Waals surface area contributed by atoms with Crippen LogP contribution in [0.25, 0.3) is 0 Å². The fourth-order valence-corrected chi connectivity index (χ4v) is 2.00. The van der Waals surface area contributed by atoms with Crippen LogP contribution in [-0.4, -0.2) is 27.4 Å². The summed E-state index contributed by atoms with van der Waals surface area (Å²) in [5, 5.41) is 14.1. The van der Waals surface area contributed by atoms with E-state index >= 15 is 0 Å². The number of hydrogen-bond acceptors (Lipinski definition) is 5. The highest BCUT2D eigenvalue weighted by molar-refractivity contribution is 6.29. The van der Waals surface area contributed by atoms with Crippen LogP contribution in [0.4, 0.5) is 0 Å².